The fourth-order valence-corrected chi connectivity index (χ4v) is 5.53. The SMILES string of the molecule is CCCCN(C(=O)COC(=O)Cc1c(C)nn(CC(C)C)c1C)C1CCS(=O)(=O)C1. The number of amides is 1. The van der Waals surface area contributed by atoms with Crippen molar-refractivity contribution < 1.29 is 22.7 Å². The summed E-state index contributed by atoms with van der Waals surface area (Å²) in [5.41, 5.74) is 2.56. The van der Waals surface area contributed by atoms with E-state index in [2.05, 4.69) is 18.9 Å². The van der Waals surface area contributed by atoms with Crippen LogP contribution in [0, 0.1) is 19.8 Å². The quantitative estimate of drug-likeness (QED) is 0.516. The molecule has 1 saturated heterocycles. The van der Waals surface area contributed by atoms with Gasteiger partial charge in [0.25, 0.3) is 5.91 Å². The van der Waals surface area contributed by atoms with Crippen LogP contribution in [0.25, 0.3) is 0 Å². The predicted molar refractivity (Wildman–Crippen MR) is 115 cm³/mol. The number of aryl methyl sites for hydroxylation is 1. The minimum atomic E-state index is -3.10. The standard InChI is InChI=1S/C21H35N3O5S/c1-6-7-9-23(18-8-10-30(27,28)14-18)20(25)13-29-21(26)11-19-16(4)22-24(17(19)5)12-15(2)3/h15,18H,6-14H2,1-5H3. The first-order valence-corrected chi connectivity index (χ1v) is 12.5. The van der Waals surface area contributed by atoms with Gasteiger partial charge < -0.3 is 9.64 Å². The van der Waals surface area contributed by atoms with Crippen molar-refractivity contribution in [2.45, 2.75) is 72.9 Å². The lowest BCUT2D eigenvalue weighted by Crippen LogP contribution is -2.44. The Balaban J connectivity index is 1.97. The Bertz CT molecular complexity index is 860. The molecule has 0 spiro atoms. The Labute approximate surface area is 179 Å². The topological polar surface area (TPSA) is 98.6 Å². The average molecular weight is 442 g/mol. The Morgan fingerprint density at radius 1 is 1.30 bits per heavy atom. The van der Waals surface area contributed by atoms with Crippen molar-refractivity contribution in [1.29, 1.82) is 0 Å². The van der Waals surface area contributed by atoms with E-state index < -0.39 is 15.8 Å². The molecule has 1 aliphatic rings. The van der Waals surface area contributed by atoms with Crippen LogP contribution in [-0.2, 0) is 37.1 Å². The Morgan fingerprint density at radius 2 is 2.00 bits per heavy atom. The lowest BCUT2D eigenvalue weighted by molar-refractivity contribution is -0.152. The van der Waals surface area contributed by atoms with Gasteiger partial charge in [0, 0.05) is 30.4 Å². The van der Waals surface area contributed by atoms with E-state index in [1.165, 1.54) is 0 Å². The summed E-state index contributed by atoms with van der Waals surface area (Å²) in [6.07, 6.45) is 2.18. The van der Waals surface area contributed by atoms with Crippen molar-refractivity contribution in [2.75, 3.05) is 24.7 Å². The normalized spacial score (nSPS) is 18.0. The fourth-order valence-electron chi connectivity index (χ4n) is 3.79. The van der Waals surface area contributed by atoms with Crippen LogP contribution in [0.3, 0.4) is 0 Å². The molecule has 8 nitrogen and oxygen atoms in total. The van der Waals surface area contributed by atoms with Crippen LogP contribution in [-0.4, -0.2) is 65.7 Å². The second kappa shape index (κ2) is 10.4. The highest BCUT2D eigenvalue weighted by Crippen LogP contribution is 2.19. The zero-order valence-corrected chi connectivity index (χ0v) is 19.6. The summed E-state index contributed by atoms with van der Waals surface area (Å²) in [7, 11) is -3.10. The summed E-state index contributed by atoms with van der Waals surface area (Å²) in [5, 5.41) is 4.50. The van der Waals surface area contributed by atoms with Crippen molar-refractivity contribution in [3.63, 3.8) is 0 Å². The summed E-state index contributed by atoms with van der Waals surface area (Å²) in [6, 6.07) is -0.327. The number of ether oxygens (including phenoxy) is 1. The summed E-state index contributed by atoms with van der Waals surface area (Å²) in [5.74, 6) is -0.277. The van der Waals surface area contributed by atoms with E-state index in [1.807, 2.05) is 25.5 Å². The predicted octanol–water partition coefficient (Wildman–Crippen LogP) is 2.06. The van der Waals surface area contributed by atoms with Gasteiger partial charge in [-0.3, -0.25) is 14.3 Å². The summed E-state index contributed by atoms with van der Waals surface area (Å²) >= 11 is 0. The van der Waals surface area contributed by atoms with Crippen molar-refractivity contribution in [2.24, 2.45) is 5.92 Å². The van der Waals surface area contributed by atoms with Crippen LogP contribution in [0.2, 0.25) is 0 Å². The number of carbonyl (C=O) groups is 2. The number of hydrogen-bond donors (Lipinski definition) is 0. The molecule has 1 unspecified atom stereocenters. The molecule has 0 N–H and O–H groups in total. The number of hydrogen-bond acceptors (Lipinski definition) is 6. The summed E-state index contributed by atoms with van der Waals surface area (Å²) in [4.78, 5) is 26.7. The van der Waals surface area contributed by atoms with E-state index in [9.17, 15) is 18.0 Å². The number of nitrogens with zero attached hydrogens (tertiary/aromatic N) is 3. The van der Waals surface area contributed by atoms with Crippen LogP contribution >= 0.6 is 0 Å². The molecule has 9 heteroatoms. The second-order valence-corrected chi connectivity index (χ2v) is 10.8. The molecule has 1 aromatic rings. The molecule has 170 valence electrons. The van der Waals surface area contributed by atoms with Crippen molar-refractivity contribution >= 4 is 21.7 Å². The summed E-state index contributed by atoms with van der Waals surface area (Å²) in [6.45, 7) is 10.9. The largest absolute Gasteiger partial charge is 0.455 e. The molecule has 30 heavy (non-hydrogen) atoms. The number of aromatic nitrogens is 2. The molecule has 1 aliphatic heterocycles. The molecule has 0 aliphatic carbocycles. The zero-order chi connectivity index (χ0) is 22.5. The third kappa shape index (κ3) is 6.55. The first-order chi connectivity index (χ1) is 14.0. The monoisotopic (exact) mass is 441 g/mol. The molecular formula is C21H35N3O5S. The Morgan fingerprint density at radius 3 is 2.57 bits per heavy atom. The van der Waals surface area contributed by atoms with E-state index in [1.54, 1.807) is 4.90 Å². The maximum Gasteiger partial charge on any atom is 0.310 e. The maximum absolute atomic E-state index is 12.7. The molecule has 0 bridgehead atoms. The van der Waals surface area contributed by atoms with E-state index in [4.69, 9.17) is 4.74 Å². The lowest BCUT2D eigenvalue weighted by Gasteiger charge is -2.28. The van der Waals surface area contributed by atoms with Gasteiger partial charge in [-0.25, -0.2) is 8.42 Å². The molecule has 1 fully saturated rings. The van der Waals surface area contributed by atoms with E-state index in [0.29, 0.717) is 18.9 Å². The van der Waals surface area contributed by atoms with Gasteiger partial charge in [-0.2, -0.15) is 5.10 Å². The molecule has 2 heterocycles. The molecule has 0 radical (unpaired) electrons. The minimum Gasteiger partial charge on any atom is -0.455 e. The van der Waals surface area contributed by atoms with Crippen molar-refractivity contribution in [3.05, 3.63) is 17.0 Å². The van der Waals surface area contributed by atoms with Gasteiger partial charge in [0.1, 0.15) is 0 Å². The molecule has 0 aromatic carbocycles. The zero-order valence-electron chi connectivity index (χ0n) is 18.8. The third-order valence-corrected chi connectivity index (χ3v) is 7.22. The van der Waals surface area contributed by atoms with Crippen LogP contribution < -0.4 is 0 Å². The Hall–Kier alpha value is -1.90. The van der Waals surface area contributed by atoms with Crippen molar-refractivity contribution in [1.82, 2.24) is 14.7 Å². The number of esters is 1. The molecule has 2 rings (SSSR count). The van der Waals surface area contributed by atoms with E-state index in [0.717, 1.165) is 36.3 Å². The maximum atomic E-state index is 12.7. The van der Waals surface area contributed by atoms with Crippen LogP contribution in [0.5, 0.6) is 0 Å². The number of sulfone groups is 1. The number of rotatable bonds is 10. The van der Waals surface area contributed by atoms with Crippen LogP contribution in [0.15, 0.2) is 0 Å². The molecule has 1 atom stereocenters. The van der Waals surface area contributed by atoms with Gasteiger partial charge in [-0.05, 0) is 32.6 Å². The van der Waals surface area contributed by atoms with Gasteiger partial charge in [0.2, 0.25) is 0 Å². The highest BCUT2D eigenvalue weighted by molar-refractivity contribution is 7.91. The fraction of sp³-hybridized carbons (Fsp3) is 0.762. The van der Waals surface area contributed by atoms with Gasteiger partial charge in [-0.1, -0.05) is 27.2 Å². The molecule has 0 saturated carbocycles. The van der Waals surface area contributed by atoms with Gasteiger partial charge in [-0.15, -0.1) is 0 Å². The first-order valence-electron chi connectivity index (χ1n) is 10.7. The van der Waals surface area contributed by atoms with E-state index >= 15 is 0 Å². The molecular weight excluding hydrogens is 406 g/mol. The van der Waals surface area contributed by atoms with Gasteiger partial charge in [0.05, 0.1) is 23.6 Å². The van der Waals surface area contributed by atoms with E-state index in [-0.39, 0.29) is 36.5 Å². The summed E-state index contributed by atoms with van der Waals surface area (Å²) < 4.78 is 30.8. The number of carbonyl (C=O) groups excluding carboxylic acids is 2. The van der Waals surface area contributed by atoms with Crippen molar-refractivity contribution in [3.8, 4) is 0 Å². The third-order valence-electron chi connectivity index (χ3n) is 5.47. The second-order valence-electron chi connectivity index (χ2n) is 8.56. The average Bonchev–Trinajstić information content (AvgIpc) is 3.13. The highest BCUT2D eigenvalue weighted by Gasteiger charge is 2.34. The van der Waals surface area contributed by atoms with Gasteiger partial charge >= 0.3 is 5.97 Å². The lowest BCUT2D eigenvalue weighted by atomic mass is 10.1. The molecule has 1 amide bonds. The first kappa shape index (κ1) is 24.4. The molecule has 1 aromatic heterocycles. The smallest absolute Gasteiger partial charge is 0.310 e. The Kier molecular flexibility index (Phi) is 8.46. The van der Waals surface area contributed by atoms with Crippen LogP contribution in [0.1, 0.15) is 57.0 Å². The minimum absolute atomic E-state index is 0.0101. The van der Waals surface area contributed by atoms with Gasteiger partial charge in [0.15, 0.2) is 16.4 Å². The number of unbranched alkanes of at least 4 members (excludes halogenated alkanes) is 1. The highest BCUT2D eigenvalue weighted by atomic mass is 32.2. The van der Waals surface area contributed by atoms with Crippen LogP contribution in [0.4, 0.5) is 0 Å².